The smallest absolute Gasteiger partial charge is 0.377 e. The first-order valence-electron chi connectivity index (χ1n) is 5.37. The van der Waals surface area contributed by atoms with Crippen LogP contribution in [0.5, 0.6) is 0 Å². The van der Waals surface area contributed by atoms with Crippen molar-refractivity contribution in [1.29, 1.82) is 0 Å². The monoisotopic (exact) mass is 261 g/mol. The van der Waals surface area contributed by atoms with Crippen LogP contribution >= 0.6 is 0 Å². The predicted octanol–water partition coefficient (Wildman–Crippen LogP) is 1.06. The molecule has 0 aliphatic carbocycles. The molecule has 0 aliphatic rings. The fourth-order valence-electron chi connectivity index (χ4n) is 1.60. The number of hydrogen-bond acceptors (Lipinski definition) is 5. The summed E-state index contributed by atoms with van der Waals surface area (Å²) in [6, 6.07) is 4.72. The molecular weight excluding hydrogens is 250 g/mol. The largest absolute Gasteiger partial charge is 0.478 e. The lowest BCUT2D eigenvalue weighted by atomic mass is 10.1. The topological polar surface area (TPSA) is 94.3 Å². The van der Waals surface area contributed by atoms with Gasteiger partial charge in [0, 0.05) is 0 Å². The van der Waals surface area contributed by atoms with E-state index in [2.05, 4.69) is 14.8 Å². The molecule has 7 heteroatoms. The van der Waals surface area contributed by atoms with Crippen LogP contribution in [0.15, 0.2) is 24.5 Å². The van der Waals surface area contributed by atoms with Gasteiger partial charge in [0.25, 0.3) is 5.82 Å². The Morgan fingerprint density at radius 1 is 1.37 bits per heavy atom. The normalized spacial score (nSPS) is 10.2. The standard InChI is InChI=1S/C12H11N3O4/c1-7-5-8(3-4-9(7)11(16)17)15-6-13-10(14-15)12(18)19-2/h3-6H,1-2H3,(H,16,17). The molecule has 0 bridgehead atoms. The SMILES string of the molecule is COC(=O)c1ncn(-c2ccc(C(=O)O)c(C)c2)n1. The number of esters is 1. The lowest BCUT2D eigenvalue weighted by Crippen LogP contribution is -2.06. The van der Waals surface area contributed by atoms with Crippen molar-refractivity contribution >= 4 is 11.9 Å². The zero-order valence-electron chi connectivity index (χ0n) is 10.3. The minimum Gasteiger partial charge on any atom is -0.478 e. The Balaban J connectivity index is 2.37. The molecule has 2 rings (SSSR count). The van der Waals surface area contributed by atoms with E-state index < -0.39 is 11.9 Å². The summed E-state index contributed by atoms with van der Waals surface area (Å²) in [6.07, 6.45) is 1.36. The Labute approximate surface area is 108 Å². The van der Waals surface area contributed by atoms with Crippen LogP contribution in [0.2, 0.25) is 0 Å². The van der Waals surface area contributed by atoms with Crippen LogP contribution in [0.4, 0.5) is 0 Å². The summed E-state index contributed by atoms with van der Waals surface area (Å²) in [5.74, 6) is -1.67. The van der Waals surface area contributed by atoms with Gasteiger partial charge in [-0.1, -0.05) is 0 Å². The van der Waals surface area contributed by atoms with E-state index in [1.165, 1.54) is 24.2 Å². The predicted molar refractivity (Wildman–Crippen MR) is 64.4 cm³/mol. The van der Waals surface area contributed by atoms with Crippen LogP contribution in [0.1, 0.15) is 26.5 Å². The number of methoxy groups -OCH3 is 1. The summed E-state index contributed by atoms with van der Waals surface area (Å²) >= 11 is 0. The number of nitrogens with zero attached hydrogens (tertiary/aromatic N) is 3. The molecule has 1 aromatic carbocycles. The molecule has 2 aromatic rings. The second-order valence-electron chi connectivity index (χ2n) is 3.81. The zero-order valence-corrected chi connectivity index (χ0v) is 10.3. The lowest BCUT2D eigenvalue weighted by molar-refractivity contribution is 0.0586. The van der Waals surface area contributed by atoms with Crippen LogP contribution in [0.25, 0.3) is 5.69 Å². The van der Waals surface area contributed by atoms with Gasteiger partial charge in [0.05, 0.1) is 18.4 Å². The van der Waals surface area contributed by atoms with Gasteiger partial charge < -0.3 is 9.84 Å². The van der Waals surface area contributed by atoms with Gasteiger partial charge in [0.15, 0.2) is 0 Å². The summed E-state index contributed by atoms with van der Waals surface area (Å²) < 4.78 is 5.88. The highest BCUT2D eigenvalue weighted by atomic mass is 16.5. The summed E-state index contributed by atoms with van der Waals surface area (Å²) in [5.41, 5.74) is 1.43. The number of aromatic carboxylic acids is 1. The Kier molecular flexibility index (Phi) is 3.28. The number of aryl methyl sites for hydroxylation is 1. The van der Waals surface area contributed by atoms with E-state index in [1.807, 2.05) is 0 Å². The van der Waals surface area contributed by atoms with E-state index in [9.17, 15) is 9.59 Å². The number of rotatable bonds is 3. The number of carbonyl (C=O) groups excluding carboxylic acids is 1. The van der Waals surface area contributed by atoms with E-state index >= 15 is 0 Å². The van der Waals surface area contributed by atoms with Crippen molar-refractivity contribution < 1.29 is 19.4 Å². The van der Waals surface area contributed by atoms with Crippen molar-refractivity contribution in [2.75, 3.05) is 7.11 Å². The van der Waals surface area contributed by atoms with Gasteiger partial charge in [0.1, 0.15) is 6.33 Å². The molecule has 98 valence electrons. The number of carbonyl (C=O) groups is 2. The number of ether oxygens (including phenoxy) is 1. The molecule has 0 spiro atoms. The third-order valence-electron chi connectivity index (χ3n) is 2.56. The van der Waals surface area contributed by atoms with Crippen molar-refractivity contribution in [2.24, 2.45) is 0 Å². The molecule has 0 fully saturated rings. The van der Waals surface area contributed by atoms with E-state index in [0.29, 0.717) is 11.3 Å². The molecule has 0 aliphatic heterocycles. The molecule has 0 saturated heterocycles. The molecule has 19 heavy (non-hydrogen) atoms. The van der Waals surface area contributed by atoms with E-state index in [1.54, 1.807) is 19.1 Å². The van der Waals surface area contributed by atoms with Crippen LogP contribution in [-0.4, -0.2) is 38.9 Å². The highest BCUT2D eigenvalue weighted by Gasteiger charge is 2.13. The van der Waals surface area contributed by atoms with Gasteiger partial charge in [-0.15, -0.1) is 5.10 Å². The quantitative estimate of drug-likeness (QED) is 0.830. The number of aromatic nitrogens is 3. The maximum atomic E-state index is 11.2. The number of hydrogen-bond donors (Lipinski definition) is 1. The number of carboxylic acids is 1. The third-order valence-corrected chi connectivity index (χ3v) is 2.56. The zero-order chi connectivity index (χ0) is 14.0. The van der Waals surface area contributed by atoms with Crippen molar-refractivity contribution in [2.45, 2.75) is 6.92 Å². The fraction of sp³-hybridized carbons (Fsp3) is 0.167. The van der Waals surface area contributed by atoms with Crippen molar-refractivity contribution in [3.63, 3.8) is 0 Å². The summed E-state index contributed by atoms with van der Waals surface area (Å²) in [6.45, 7) is 1.69. The van der Waals surface area contributed by atoms with Crippen molar-refractivity contribution in [3.8, 4) is 5.69 Å². The fourth-order valence-corrected chi connectivity index (χ4v) is 1.60. The van der Waals surface area contributed by atoms with Crippen LogP contribution in [0, 0.1) is 6.92 Å². The van der Waals surface area contributed by atoms with Gasteiger partial charge in [-0.2, -0.15) is 0 Å². The molecule has 1 heterocycles. The average Bonchev–Trinajstić information content (AvgIpc) is 2.86. The molecule has 1 aromatic heterocycles. The second-order valence-corrected chi connectivity index (χ2v) is 3.81. The van der Waals surface area contributed by atoms with Crippen LogP contribution < -0.4 is 0 Å². The second kappa shape index (κ2) is 4.89. The van der Waals surface area contributed by atoms with E-state index in [0.717, 1.165) is 0 Å². The molecule has 0 unspecified atom stereocenters. The minimum absolute atomic E-state index is 0.0533. The Hall–Kier alpha value is -2.70. The lowest BCUT2D eigenvalue weighted by Gasteiger charge is -2.04. The van der Waals surface area contributed by atoms with Crippen molar-refractivity contribution in [1.82, 2.24) is 14.8 Å². The Morgan fingerprint density at radius 3 is 2.68 bits per heavy atom. The highest BCUT2D eigenvalue weighted by Crippen LogP contribution is 2.14. The molecule has 0 atom stereocenters. The average molecular weight is 261 g/mol. The molecule has 0 radical (unpaired) electrons. The molecule has 7 nitrogen and oxygen atoms in total. The van der Waals surface area contributed by atoms with Gasteiger partial charge >= 0.3 is 11.9 Å². The number of benzene rings is 1. The van der Waals surface area contributed by atoms with E-state index in [-0.39, 0.29) is 11.4 Å². The first kappa shape index (κ1) is 12.7. The van der Waals surface area contributed by atoms with Gasteiger partial charge in [-0.25, -0.2) is 19.3 Å². The molecule has 0 saturated carbocycles. The molecule has 1 N–H and O–H groups in total. The van der Waals surface area contributed by atoms with E-state index in [4.69, 9.17) is 5.11 Å². The molecular formula is C12H11N3O4. The maximum Gasteiger partial charge on any atom is 0.377 e. The van der Waals surface area contributed by atoms with Crippen molar-refractivity contribution in [3.05, 3.63) is 41.5 Å². The minimum atomic E-state index is -0.988. The highest BCUT2D eigenvalue weighted by molar-refractivity contribution is 5.89. The summed E-state index contributed by atoms with van der Waals surface area (Å²) in [5, 5.41) is 12.9. The first-order chi connectivity index (χ1) is 9.02. The number of carboxylic acid groups (broad SMARTS) is 1. The van der Waals surface area contributed by atoms with Crippen LogP contribution in [0.3, 0.4) is 0 Å². The van der Waals surface area contributed by atoms with Crippen LogP contribution in [-0.2, 0) is 4.74 Å². The maximum absolute atomic E-state index is 11.2. The van der Waals surface area contributed by atoms with Gasteiger partial charge in [0.2, 0.25) is 0 Å². The van der Waals surface area contributed by atoms with Gasteiger partial charge in [-0.05, 0) is 30.7 Å². The Morgan fingerprint density at radius 2 is 2.11 bits per heavy atom. The molecule has 0 amide bonds. The third kappa shape index (κ3) is 2.44. The summed E-state index contributed by atoms with van der Waals surface area (Å²) in [7, 11) is 1.24. The van der Waals surface area contributed by atoms with Gasteiger partial charge in [-0.3, -0.25) is 0 Å². The Bertz CT molecular complexity index is 648. The summed E-state index contributed by atoms with van der Waals surface area (Å²) in [4.78, 5) is 25.9. The first-order valence-corrected chi connectivity index (χ1v) is 5.37.